The lowest BCUT2D eigenvalue weighted by molar-refractivity contribution is -0.147. The van der Waals surface area contributed by atoms with Crippen LogP contribution in [-0.2, 0) is 30.5 Å². The van der Waals surface area contributed by atoms with Crippen LogP contribution in [0.25, 0.3) is 0 Å². The third kappa shape index (κ3) is 6.31. The number of nitrogens with zero attached hydrogens (tertiary/aromatic N) is 2. The average Bonchev–Trinajstić information content (AvgIpc) is 3.20. The highest BCUT2D eigenvalue weighted by atomic mass is 32.1. The fraction of sp³-hybridized carbons (Fsp3) is 0.556. The Hall–Kier alpha value is -2.46. The molecule has 1 aromatic rings. The van der Waals surface area contributed by atoms with Crippen LogP contribution in [-0.4, -0.2) is 79.4 Å². The summed E-state index contributed by atoms with van der Waals surface area (Å²) in [6, 6.07) is 3.08. The topological polar surface area (TPSA) is 108 Å². The third-order valence-electron chi connectivity index (χ3n) is 4.48. The molecular formula is C18H26N4O5S. The van der Waals surface area contributed by atoms with Gasteiger partial charge in [0.15, 0.2) is 0 Å². The van der Waals surface area contributed by atoms with E-state index in [4.69, 9.17) is 0 Å². The standard InChI is InChI=1S/C18H26N4O5S/c1-3-21(11-15(23)20-10-13-5-4-8-28-13)16(24)12-22-7-6-19-18(26)14(22)9-17(25)27-2/h4-5,8,14H,3,6-7,9-12H2,1-2H3,(H,19,26)(H,20,23). The molecule has 0 aromatic carbocycles. The lowest BCUT2D eigenvalue weighted by Crippen LogP contribution is -2.58. The van der Waals surface area contributed by atoms with E-state index in [0.717, 1.165) is 4.88 Å². The summed E-state index contributed by atoms with van der Waals surface area (Å²) in [6.07, 6.45) is -0.122. The fourth-order valence-corrected chi connectivity index (χ4v) is 3.54. The second-order valence-electron chi connectivity index (χ2n) is 6.32. The van der Waals surface area contributed by atoms with E-state index >= 15 is 0 Å². The van der Waals surface area contributed by atoms with Crippen LogP contribution < -0.4 is 10.6 Å². The quantitative estimate of drug-likeness (QED) is 0.535. The van der Waals surface area contributed by atoms with E-state index < -0.39 is 12.0 Å². The van der Waals surface area contributed by atoms with Crippen LogP contribution in [0.3, 0.4) is 0 Å². The van der Waals surface area contributed by atoms with Crippen LogP contribution in [0, 0.1) is 0 Å². The number of carbonyl (C=O) groups excluding carboxylic acids is 4. The van der Waals surface area contributed by atoms with E-state index in [-0.39, 0.29) is 37.2 Å². The number of thiophene rings is 1. The van der Waals surface area contributed by atoms with Crippen molar-refractivity contribution in [2.24, 2.45) is 0 Å². The van der Waals surface area contributed by atoms with Gasteiger partial charge < -0.3 is 20.3 Å². The number of nitrogens with one attached hydrogen (secondary N) is 2. The van der Waals surface area contributed by atoms with Gasteiger partial charge in [-0.3, -0.25) is 24.1 Å². The van der Waals surface area contributed by atoms with E-state index in [1.807, 2.05) is 17.5 Å². The van der Waals surface area contributed by atoms with Crippen molar-refractivity contribution in [3.8, 4) is 0 Å². The van der Waals surface area contributed by atoms with E-state index in [1.54, 1.807) is 23.2 Å². The number of esters is 1. The van der Waals surface area contributed by atoms with Gasteiger partial charge in [0.05, 0.1) is 33.2 Å². The second kappa shape index (κ2) is 10.8. The Morgan fingerprint density at radius 1 is 1.43 bits per heavy atom. The van der Waals surface area contributed by atoms with E-state index in [9.17, 15) is 19.2 Å². The highest BCUT2D eigenvalue weighted by Gasteiger charge is 2.33. The normalized spacial score (nSPS) is 16.9. The van der Waals surface area contributed by atoms with Crippen molar-refractivity contribution in [3.05, 3.63) is 22.4 Å². The van der Waals surface area contributed by atoms with Gasteiger partial charge in [-0.05, 0) is 18.4 Å². The van der Waals surface area contributed by atoms with Gasteiger partial charge in [0, 0.05) is 24.5 Å². The predicted molar refractivity (Wildman–Crippen MR) is 103 cm³/mol. The lowest BCUT2D eigenvalue weighted by Gasteiger charge is -2.35. The molecule has 2 N–H and O–H groups in total. The minimum Gasteiger partial charge on any atom is -0.469 e. The summed E-state index contributed by atoms with van der Waals surface area (Å²) in [5, 5.41) is 7.42. The maximum Gasteiger partial charge on any atom is 0.307 e. The highest BCUT2D eigenvalue weighted by Crippen LogP contribution is 2.11. The molecule has 0 radical (unpaired) electrons. The highest BCUT2D eigenvalue weighted by molar-refractivity contribution is 7.09. The van der Waals surface area contributed by atoms with Crippen molar-refractivity contribution in [1.82, 2.24) is 20.4 Å². The summed E-state index contributed by atoms with van der Waals surface area (Å²) in [5.41, 5.74) is 0. The molecule has 0 spiro atoms. The second-order valence-corrected chi connectivity index (χ2v) is 7.35. The first kappa shape index (κ1) is 21.8. The third-order valence-corrected chi connectivity index (χ3v) is 5.35. The van der Waals surface area contributed by atoms with Gasteiger partial charge in [0.2, 0.25) is 17.7 Å². The van der Waals surface area contributed by atoms with Crippen molar-refractivity contribution in [2.45, 2.75) is 25.9 Å². The van der Waals surface area contributed by atoms with E-state index in [0.29, 0.717) is 26.2 Å². The number of rotatable bonds is 9. The summed E-state index contributed by atoms with van der Waals surface area (Å²) in [5.74, 6) is -1.33. The first-order valence-corrected chi connectivity index (χ1v) is 9.98. The van der Waals surface area contributed by atoms with Crippen LogP contribution in [0.2, 0.25) is 0 Å². The SMILES string of the molecule is CCN(CC(=O)NCc1cccs1)C(=O)CN1CCNC(=O)C1CC(=O)OC. The first-order valence-electron chi connectivity index (χ1n) is 9.10. The molecule has 154 valence electrons. The fourth-order valence-electron chi connectivity index (χ4n) is 2.89. The Kier molecular flexibility index (Phi) is 8.40. The molecule has 1 aliphatic heterocycles. The Labute approximate surface area is 168 Å². The molecule has 0 saturated carbocycles. The van der Waals surface area contributed by atoms with Gasteiger partial charge in [-0.1, -0.05) is 6.07 Å². The van der Waals surface area contributed by atoms with E-state index in [2.05, 4.69) is 15.4 Å². The van der Waals surface area contributed by atoms with Crippen molar-refractivity contribution < 1.29 is 23.9 Å². The zero-order valence-electron chi connectivity index (χ0n) is 16.1. The Morgan fingerprint density at radius 3 is 2.86 bits per heavy atom. The summed E-state index contributed by atoms with van der Waals surface area (Å²) in [4.78, 5) is 52.7. The molecule has 9 nitrogen and oxygen atoms in total. The van der Waals surface area contributed by atoms with Crippen LogP contribution in [0.1, 0.15) is 18.2 Å². The number of methoxy groups -OCH3 is 1. The number of hydrogen-bond donors (Lipinski definition) is 2. The molecule has 1 atom stereocenters. The number of piperazine rings is 1. The summed E-state index contributed by atoms with van der Waals surface area (Å²) >= 11 is 1.55. The van der Waals surface area contributed by atoms with Gasteiger partial charge in [0.1, 0.15) is 6.04 Å². The molecule has 1 saturated heterocycles. The zero-order chi connectivity index (χ0) is 20.5. The number of likely N-dealkylation sites (N-methyl/N-ethyl adjacent to an activating group) is 1. The molecule has 0 bridgehead atoms. The molecule has 2 rings (SSSR count). The summed E-state index contributed by atoms with van der Waals surface area (Å²) < 4.78 is 4.64. The Bertz CT molecular complexity index is 694. The molecular weight excluding hydrogens is 384 g/mol. The largest absolute Gasteiger partial charge is 0.469 e. The predicted octanol–water partition coefficient (Wildman–Crippen LogP) is -0.424. The number of hydrogen-bond acceptors (Lipinski definition) is 7. The Balaban J connectivity index is 1.90. The van der Waals surface area contributed by atoms with Crippen molar-refractivity contribution in [2.75, 3.05) is 39.8 Å². The molecule has 10 heteroatoms. The maximum absolute atomic E-state index is 12.7. The minimum atomic E-state index is -0.753. The molecule has 28 heavy (non-hydrogen) atoms. The molecule has 1 unspecified atom stereocenters. The Morgan fingerprint density at radius 2 is 2.21 bits per heavy atom. The maximum atomic E-state index is 12.7. The van der Waals surface area contributed by atoms with Crippen LogP contribution in [0.15, 0.2) is 17.5 Å². The lowest BCUT2D eigenvalue weighted by atomic mass is 10.1. The number of carbonyl (C=O) groups is 4. The summed E-state index contributed by atoms with van der Waals surface area (Å²) in [6.45, 7) is 3.34. The molecule has 3 amide bonds. The van der Waals surface area contributed by atoms with Gasteiger partial charge in [-0.25, -0.2) is 0 Å². The first-order chi connectivity index (χ1) is 13.4. The van der Waals surface area contributed by atoms with Crippen LogP contribution >= 0.6 is 11.3 Å². The van der Waals surface area contributed by atoms with Gasteiger partial charge >= 0.3 is 5.97 Å². The zero-order valence-corrected chi connectivity index (χ0v) is 16.9. The van der Waals surface area contributed by atoms with Crippen LogP contribution in [0.4, 0.5) is 0 Å². The van der Waals surface area contributed by atoms with Crippen molar-refractivity contribution >= 4 is 35.0 Å². The van der Waals surface area contributed by atoms with Crippen molar-refractivity contribution in [1.29, 1.82) is 0 Å². The molecule has 1 aliphatic rings. The monoisotopic (exact) mass is 410 g/mol. The van der Waals surface area contributed by atoms with Gasteiger partial charge in [0.25, 0.3) is 0 Å². The summed E-state index contributed by atoms with van der Waals surface area (Å²) in [7, 11) is 1.26. The minimum absolute atomic E-state index is 0.0406. The van der Waals surface area contributed by atoms with Crippen LogP contribution in [0.5, 0.6) is 0 Å². The van der Waals surface area contributed by atoms with E-state index in [1.165, 1.54) is 12.0 Å². The smallest absolute Gasteiger partial charge is 0.307 e. The van der Waals surface area contributed by atoms with Gasteiger partial charge in [-0.2, -0.15) is 0 Å². The molecule has 1 fully saturated rings. The van der Waals surface area contributed by atoms with Gasteiger partial charge in [-0.15, -0.1) is 11.3 Å². The molecule has 1 aromatic heterocycles. The number of ether oxygens (including phenoxy) is 1. The average molecular weight is 410 g/mol. The molecule has 0 aliphatic carbocycles. The van der Waals surface area contributed by atoms with Crippen molar-refractivity contribution in [3.63, 3.8) is 0 Å². The molecule has 2 heterocycles. The number of amides is 3.